The zero-order valence-electron chi connectivity index (χ0n) is 10.8. The van der Waals surface area contributed by atoms with Crippen LogP contribution in [0.4, 0.5) is 29.3 Å². The molecule has 0 heterocycles. The van der Waals surface area contributed by atoms with Crippen LogP contribution in [0.3, 0.4) is 0 Å². The molecule has 116 valence electrons. The second-order valence-electron chi connectivity index (χ2n) is 4.28. The average Bonchev–Trinajstić information content (AvgIpc) is 2.39. The van der Waals surface area contributed by atoms with Crippen LogP contribution in [0.5, 0.6) is 0 Å². The minimum atomic E-state index is -4.49. The summed E-state index contributed by atoms with van der Waals surface area (Å²) in [5.41, 5.74) is -0.388. The topological polar surface area (TPSA) is 41.1 Å². The van der Waals surface area contributed by atoms with E-state index in [9.17, 15) is 18.0 Å². The van der Waals surface area contributed by atoms with Crippen molar-refractivity contribution in [2.75, 3.05) is 10.6 Å². The van der Waals surface area contributed by atoms with Crippen molar-refractivity contribution >= 4 is 40.6 Å². The maximum absolute atomic E-state index is 12.5. The Balaban J connectivity index is 2.09. The van der Waals surface area contributed by atoms with Crippen LogP contribution >= 0.6 is 23.2 Å². The maximum atomic E-state index is 12.5. The Morgan fingerprint density at radius 2 is 1.73 bits per heavy atom. The normalized spacial score (nSPS) is 11.1. The molecule has 2 amide bonds. The molecule has 0 atom stereocenters. The number of alkyl halides is 3. The fourth-order valence-corrected chi connectivity index (χ4v) is 2.06. The van der Waals surface area contributed by atoms with Crippen molar-refractivity contribution in [3.05, 3.63) is 58.1 Å². The van der Waals surface area contributed by atoms with E-state index in [1.807, 2.05) is 0 Å². The molecule has 2 N–H and O–H groups in total. The van der Waals surface area contributed by atoms with Gasteiger partial charge in [-0.3, -0.25) is 0 Å². The number of anilines is 2. The zero-order valence-corrected chi connectivity index (χ0v) is 12.4. The summed E-state index contributed by atoms with van der Waals surface area (Å²) in [6.07, 6.45) is -4.49. The highest BCUT2D eigenvalue weighted by molar-refractivity contribution is 6.34. The molecular weight excluding hydrogens is 340 g/mol. The van der Waals surface area contributed by atoms with E-state index in [0.717, 1.165) is 18.2 Å². The number of nitrogens with one attached hydrogen (secondary N) is 2. The molecule has 0 unspecified atom stereocenters. The minimum Gasteiger partial charge on any atom is -0.308 e. The van der Waals surface area contributed by atoms with Crippen LogP contribution < -0.4 is 10.6 Å². The molecule has 0 bridgehead atoms. The van der Waals surface area contributed by atoms with Gasteiger partial charge in [0, 0.05) is 10.7 Å². The van der Waals surface area contributed by atoms with Gasteiger partial charge in [-0.05, 0) is 36.4 Å². The predicted octanol–water partition coefficient (Wildman–Crippen LogP) is 5.66. The Hall–Kier alpha value is -1.92. The van der Waals surface area contributed by atoms with Crippen LogP contribution in [-0.2, 0) is 6.18 Å². The Bertz CT molecular complexity index is 705. The number of hydrogen-bond acceptors (Lipinski definition) is 1. The molecule has 0 fully saturated rings. The maximum Gasteiger partial charge on any atom is 0.416 e. The first-order chi connectivity index (χ1) is 10.3. The molecule has 2 rings (SSSR count). The summed E-state index contributed by atoms with van der Waals surface area (Å²) >= 11 is 11.5. The summed E-state index contributed by atoms with van der Waals surface area (Å²) in [5, 5.41) is 5.08. The van der Waals surface area contributed by atoms with E-state index in [1.165, 1.54) is 6.07 Å². The summed E-state index contributed by atoms with van der Waals surface area (Å²) in [7, 11) is 0. The third-order valence-electron chi connectivity index (χ3n) is 2.63. The molecule has 8 heteroatoms. The lowest BCUT2D eigenvalue weighted by Gasteiger charge is -2.12. The second-order valence-corrected chi connectivity index (χ2v) is 5.13. The van der Waals surface area contributed by atoms with Gasteiger partial charge in [0.1, 0.15) is 0 Å². The Kier molecular flexibility index (Phi) is 4.83. The smallest absolute Gasteiger partial charge is 0.308 e. The summed E-state index contributed by atoms with van der Waals surface area (Å²) in [4.78, 5) is 11.8. The van der Waals surface area contributed by atoms with Gasteiger partial charge in [0.15, 0.2) is 0 Å². The van der Waals surface area contributed by atoms with Crippen LogP contribution in [0.25, 0.3) is 0 Å². The van der Waals surface area contributed by atoms with Gasteiger partial charge in [0.05, 0.1) is 16.3 Å². The molecule has 0 saturated carbocycles. The quantitative estimate of drug-likeness (QED) is 0.722. The van der Waals surface area contributed by atoms with E-state index in [2.05, 4.69) is 10.6 Å². The standard InChI is InChI=1S/C14H9Cl2F3N2O/c15-9-2-1-3-10(7-9)20-13(22)21-12-5-4-8(6-11(12)16)14(17,18)19/h1-7H,(H2,20,21,22). The lowest BCUT2D eigenvalue weighted by atomic mass is 10.2. The van der Waals surface area contributed by atoms with Crippen molar-refractivity contribution in [2.45, 2.75) is 6.18 Å². The first kappa shape index (κ1) is 16.5. The van der Waals surface area contributed by atoms with Crippen LogP contribution in [-0.4, -0.2) is 6.03 Å². The Labute approximate surface area is 134 Å². The first-order valence-electron chi connectivity index (χ1n) is 5.96. The molecule has 0 aliphatic heterocycles. The number of urea groups is 1. The molecule has 0 aliphatic carbocycles. The van der Waals surface area contributed by atoms with Gasteiger partial charge < -0.3 is 10.6 Å². The van der Waals surface area contributed by atoms with E-state index >= 15 is 0 Å². The third kappa shape index (κ3) is 4.29. The van der Waals surface area contributed by atoms with E-state index in [4.69, 9.17) is 23.2 Å². The van der Waals surface area contributed by atoms with Gasteiger partial charge in [-0.15, -0.1) is 0 Å². The van der Waals surface area contributed by atoms with Crippen molar-refractivity contribution < 1.29 is 18.0 Å². The van der Waals surface area contributed by atoms with Gasteiger partial charge in [-0.25, -0.2) is 4.79 Å². The van der Waals surface area contributed by atoms with Gasteiger partial charge in [0.2, 0.25) is 0 Å². The fourth-order valence-electron chi connectivity index (χ4n) is 1.64. The van der Waals surface area contributed by atoms with Crippen LogP contribution in [0, 0.1) is 0 Å². The number of carbonyl (C=O) groups is 1. The lowest BCUT2D eigenvalue weighted by molar-refractivity contribution is -0.137. The molecule has 0 radical (unpaired) electrons. The third-order valence-corrected chi connectivity index (χ3v) is 3.17. The van der Waals surface area contributed by atoms with E-state index in [1.54, 1.807) is 18.2 Å². The summed E-state index contributed by atoms with van der Waals surface area (Å²) in [5.74, 6) is 0. The van der Waals surface area contributed by atoms with E-state index < -0.39 is 17.8 Å². The van der Waals surface area contributed by atoms with Crippen molar-refractivity contribution in [3.63, 3.8) is 0 Å². The fraction of sp³-hybridized carbons (Fsp3) is 0.0714. The molecule has 2 aromatic rings. The lowest BCUT2D eigenvalue weighted by Crippen LogP contribution is -2.19. The second kappa shape index (κ2) is 6.46. The molecule has 0 aromatic heterocycles. The van der Waals surface area contributed by atoms with Crippen LogP contribution in [0.1, 0.15) is 5.56 Å². The van der Waals surface area contributed by atoms with Gasteiger partial charge >= 0.3 is 12.2 Å². The molecule has 2 aromatic carbocycles. The van der Waals surface area contributed by atoms with E-state index in [0.29, 0.717) is 10.7 Å². The molecule has 0 saturated heterocycles. The Morgan fingerprint density at radius 1 is 1.00 bits per heavy atom. The van der Waals surface area contributed by atoms with Gasteiger partial charge in [0.25, 0.3) is 0 Å². The number of carbonyl (C=O) groups excluding carboxylic acids is 1. The summed E-state index contributed by atoms with van der Waals surface area (Å²) in [6.45, 7) is 0. The first-order valence-corrected chi connectivity index (χ1v) is 6.71. The van der Waals surface area contributed by atoms with Crippen LogP contribution in [0.2, 0.25) is 10.0 Å². The molecular formula is C14H9Cl2F3N2O. The average molecular weight is 349 g/mol. The zero-order chi connectivity index (χ0) is 16.3. The summed E-state index contributed by atoms with van der Waals surface area (Å²) < 4.78 is 37.5. The molecule has 22 heavy (non-hydrogen) atoms. The monoisotopic (exact) mass is 348 g/mol. The molecule has 0 aliphatic rings. The number of rotatable bonds is 2. The van der Waals surface area contributed by atoms with Crippen molar-refractivity contribution in [2.24, 2.45) is 0 Å². The number of amides is 2. The van der Waals surface area contributed by atoms with Gasteiger partial charge in [-0.2, -0.15) is 13.2 Å². The van der Waals surface area contributed by atoms with Crippen molar-refractivity contribution in [1.82, 2.24) is 0 Å². The van der Waals surface area contributed by atoms with E-state index in [-0.39, 0.29) is 10.7 Å². The SMILES string of the molecule is O=C(Nc1cccc(Cl)c1)Nc1ccc(C(F)(F)F)cc1Cl. The largest absolute Gasteiger partial charge is 0.416 e. The van der Waals surface area contributed by atoms with Crippen molar-refractivity contribution in [1.29, 1.82) is 0 Å². The summed E-state index contributed by atoms with van der Waals surface area (Å²) in [6, 6.07) is 8.43. The highest BCUT2D eigenvalue weighted by atomic mass is 35.5. The molecule has 3 nitrogen and oxygen atoms in total. The highest BCUT2D eigenvalue weighted by Crippen LogP contribution is 2.33. The predicted molar refractivity (Wildman–Crippen MR) is 80.5 cm³/mol. The van der Waals surface area contributed by atoms with Crippen molar-refractivity contribution in [3.8, 4) is 0 Å². The van der Waals surface area contributed by atoms with Gasteiger partial charge in [-0.1, -0.05) is 29.3 Å². The highest BCUT2D eigenvalue weighted by Gasteiger charge is 2.30. The number of halogens is 5. The Morgan fingerprint density at radius 3 is 2.32 bits per heavy atom. The number of hydrogen-bond donors (Lipinski definition) is 2. The number of benzene rings is 2. The van der Waals surface area contributed by atoms with Crippen LogP contribution in [0.15, 0.2) is 42.5 Å². The molecule has 0 spiro atoms. The minimum absolute atomic E-state index is 0.0641.